The lowest BCUT2D eigenvalue weighted by Crippen LogP contribution is -2.56. The van der Waals surface area contributed by atoms with Crippen molar-refractivity contribution in [1.82, 2.24) is 15.3 Å². The molecule has 0 saturated heterocycles. The highest BCUT2D eigenvalue weighted by molar-refractivity contribution is 6.02. The van der Waals surface area contributed by atoms with Gasteiger partial charge < -0.3 is 26.8 Å². The number of rotatable bonds is 8. The Labute approximate surface area is 177 Å². The number of halogens is 5. The first kappa shape index (κ1) is 23.1. The number of carbonyl (C=O) groups excluding carboxylic acids is 2. The van der Waals surface area contributed by atoms with Crippen molar-refractivity contribution in [3.05, 3.63) is 47.7 Å². The molecule has 0 bridgehead atoms. The van der Waals surface area contributed by atoms with Crippen molar-refractivity contribution in [2.75, 3.05) is 5.32 Å². The topological polar surface area (TPSA) is 145 Å². The van der Waals surface area contributed by atoms with Gasteiger partial charge in [-0.2, -0.15) is 8.78 Å². The lowest BCUT2D eigenvalue weighted by atomic mass is 9.84. The molecule has 2 aromatic rings. The largest absolute Gasteiger partial charge is 0.415 e. The number of ether oxygens (including phenoxy) is 1. The predicted molar refractivity (Wildman–Crippen MR) is 99.5 cm³/mol. The number of nitrogens with one attached hydrogen (secondary N) is 2. The summed E-state index contributed by atoms with van der Waals surface area (Å²) in [5, 5.41) is 4.24. The molecule has 3 atom stereocenters. The van der Waals surface area contributed by atoms with E-state index in [0.717, 1.165) is 30.6 Å². The molecule has 0 unspecified atom stereocenters. The summed E-state index contributed by atoms with van der Waals surface area (Å²) in [7, 11) is 0. The Hall–Kier alpha value is -3.55. The second-order valence-electron chi connectivity index (χ2n) is 6.93. The van der Waals surface area contributed by atoms with Gasteiger partial charge >= 0.3 is 12.6 Å². The lowest BCUT2D eigenvalue weighted by Gasteiger charge is -2.35. The van der Waals surface area contributed by atoms with Gasteiger partial charge in [-0.3, -0.25) is 4.79 Å². The number of nitrogens with two attached hydrogens (primary N) is 2. The maximum Gasteiger partial charge on any atom is 0.388 e. The number of alkyl halides is 4. The zero-order valence-corrected chi connectivity index (χ0v) is 16.1. The van der Waals surface area contributed by atoms with Crippen LogP contribution in [0.5, 0.6) is 5.88 Å². The van der Waals surface area contributed by atoms with Crippen molar-refractivity contribution in [3.63, 3.8) is 0 Å². The average molecular weight is 460 g/mol. The van der Waals surface area contributed by atoms with E-state index in [-0.39, 0.29) is 17.8 Å². The van der Waals surface area contributed by atoms with Gasteiger partial charge in [0.05, 0.1) is 12.4 Å². The molecule has 0 radical (unpaired) electrons. The van der Waals surface area contributed by atoms with Crippen molar-refractivity contribution in [3.8, 4) is 5.88 Å². The highest BCUT2D eigenvalue weighted by Crippen LogP contribution is 2.49. The van der Waals surface area contributed by atoms with E-state index >= 15 is 0 Å². The van der Waals surface area contributed by atoms with Crippen LogP contribution in [0.1, 0.15) is 22.5 Å². The maximum atomic E-state index is 14.6. The molecule has 6 N–H and O–H groups in total. The van der Waals surface area contributed by atoms with E-state index in [4.69, 9.17) is 11.5 Å². The van der Waals surface area contributed by atoms with E-state index in [0.29, 0.717) is 0 Å². The van der Waals surface area contributed by atoms with Crippen LogP contribution in [0.3, 0.4) is 0 Å². The smallest absolute Gasteiger partial charge is 0.388 e. The molecule has 3 amide bonds. The Morgan fingerprint density at radius 1 is 1.19 bits per heavy atom. The Balaban J connectivity index is 1.90. The van der Waals surface area contributed by atoms with E-state index in [1.807, 2.05) is 5.32 Å². The van der Waals surface area contributed by atoms with Gasteiger partial charge in [-0.05, 0) is 24.6 Å². The van der Waals surface area contributed by atoms with Gasteiger partial charge in [0.2, 0.25) is 5.88 Å². The van der Waals surface area contributed by atoms with Crippen molar-refractivity contribution < 1.29 is 36.3 Å². The molecule has 1 fully saturated rings. The van der Waals surface area contributed by atoms with Gasteiger partial charge in [0.15, 0.2) is 0 Å². The number of primary amides is 1. The molecular formula is C18H17F5N6O3. The maximum absolute atomic E-state index is 14.6. The van der Waals surface area contributed by atoms with Crippen LogP contribution in [0, 0.1) is 11.7 Å². The molecule has 3 rings (SSSR count). The summed E-state index contributed by atoms with van der Waals surface area (Å²) in [6.45, 7) is -3.13. The van der Waals surface area contributed by atoms with Crippen LogP contribution in [0.2, 0.25) is 0 Å². The highest BCUT2D eigenvalue weighted by atomic mass is 19.3. The van der Waals surface area contributed by atoms with E-state index in [2.05, 4.69) is 20.0 Å². The third-order valence-electron chi connectivity index (χ3n) is 4.84. The van der Waals surface area contributed by atoms with Crippen LogP contribution in [-0.2, 0) is 5.54 Å². The standard InChI is InChI=1S/C18H17F5N6O3/c19-10-2-1-7(28-14(30)12-5-27-13(6-26-12)32-16(22)23)3-8(10)18(15(20)21,29-17(25)31)9-4-11(9)24/h1-3,5-6,9,11,15-16H,4,24H2,(H,28,30)(H3,25,29,31)/t9-,11+,18+/m0/s1. The molecule has 14 heteroatoms. The summed E-state index contributed by atoms with van der Waals surface area (Å²) in [5.41, 5.74) is 7.20. The fourth-order valence-corrected chi connectivity index (χ4v) is 3.34. The Morgan fingerprint density at radius 3 is 2.38 bits per heavy atom. The van der Waals surface area contributed by atoms with Gasteiger partial charge in [-0.15, -0.1) is 0 Å². The van der Waals surface area contributed by atoms with Crippen molar-refractivity contribution in [2.45, 2.75) is 31.0 Å². The molecule has 1 aliphatic carbocycles. The van der Waals surface area contributed by atoms with E-state index < -0.39 is 59.7 Å². The normalized spacial score (nSPS) is 19.4. The molecular weight excluding hydrogens is 443 g/mol. The van der Waals surface area contributed by atoms with Crippen LogP contribution >= 0.6 is 0 Å². The first-order valence-corrected chi connectivity index (χ1v) is 9.04. The number of anilines is 1. The summed E-state index contributed by atoms with van der Waals surface area (Å²) < 4.78 is 71.3. The van der Waals surface area contributed by atoms with Crippen LogP contribution in [-0.4, -0.2) is 41.0 Å². The van der Waals surface area contributed by atoms with E-state index in [9.17, 15) is 31.5 Å². The molecule has 9 nitrogen and oxygen atoms in total. The molecule has 1 aromatic heterocycles. The van der Waals surface area contributed by atoms with Gasteiger partial charge in [0.1, 0.15) is 17.1 Å². The second-order valence-corrected chi connectivity index (χ2v) is 6.93. The Bertz CT molecular complexity index is 1010. The minimum atomic E-state index is -3.28. The number of amides is 3. The molecule has 1 aromatic carbocycles. The number of hydrogen-bond donors (Lipinski definition) is 4. The SMILES string of the molecule is NC(=O)N[C@@](c1cc(NC(=O)c2cnc(OC(F)F)cn2)ccc1F)(C(F)F)[C@H]1C[C@H]1N. The van der Waals surface area contributed by atoms with E-state index in [1.165, 1.54) is 0 Å². The van der Waals surface area contributed by atoms with Crippen molar-refractivity contribution in [1.29, 1.82) is 0 Å². The summed E-state index contributed by atoms with van der Waals surface area (Å²) in [4.78, 5) is 30.9. The van der Waals surface area contributed by atoms with Gasteiger partial charge in [-0.1, -0.05) is 0 Å². The molecule has 0 aliphatic heterocycles. The molecule has 1 heterocycles. The molecule has 1 saturated carbocycles. The van der Waals surface area contributed by atoms with Gasteiger partial charge in [0, 0.05) is 23.2 Å². The molecule has 1 aliphatic rings. The average Bonchev–Trinajstić information content (AvgIpc) is 3.44. The minimum Gasteiger partial charge on any atom is -0.415 e. The predicted octanol–water partition coefficient (Wildman–Crippen LogP) is 1.95. The molecule has 32 heavy (non-hydrogen) atoms. The summed E-state index contributed by atoms with van der Waals surface area (Å²) in [6, 6.07) is 0.801. The molecule has 0 spiro atoms. The summed E-state index contributed by atoms with van der Waals surface area (Å²) >= 11 is 0. The number of hydrogen-bond acceptors (Lipinski definition) is 6. The number of benzene rings is 1. The first-order valence-electron chi connectivity index (χ1n) is 9.04. The van der Waals surface area contributed by atoms with E-state index in [1.54, 1.807) is 0 Å². The fourth-order valence-electron chi connectivity index (χ4n) is 3.34. The number of urea groups is 1. The Morgan fingerprint density at radius 2 is 1.88 bits per heavy atom. The first-order chi connectivity index (χ1) is 15.0. The van der Waals surface area contributed by atoms with Crippen molar-refractivity contribution >= 4 is 17.6 Å². The van der Waals surface area contributed by atoms with Crippen LogP contribution < -0.4 is 26.8 Å². The second kappa shape index (κ2) is 8.90. The van der Waals surface area contributed by atoms with Crippen LogP contribution in [0.25, 0.3) is 0 Å². The zero-order valence-electron chi connectivity index (χ0n) is 16.1. The quantitative estimate of drug-likeness (QED) is 0.443. The number of carbonyl (C=O) groups is 2. The van der Waals surface area contributed by atoms with Crippen LogP contribution in [0.15, 0.2) is 30.6 Å². The van der Waals surface area contributed by atoms with Gasteiger partial charge in [0.25, 0.3) is 12.3 Å². The van der Waals surface area contributed by atoms with Crippen LogP contribution in [0.4, 0.5) is 32.4 Å². The molecule has 172 valence electrons. The monoisotopic (exact) mass is 460 g/mol. The van der Waals surface area contributed by atoms with Crippen molar-refractivity contribution in [2.24, 2.45) is 17.4 Å². The Kier molecular flexibility index (Phi) is 6.43. The summed E-state index contributed by atoms with van der Waals surface area (Å²) in [5.74, 6) is -3.50. The summed E-state index contributed by atoms with van der Waals surface area (Å²) in [6.07, 6.45) is -1.56. The zero-order chi connectivity index (χ0) is 23.6. The lowest BCUT2D eigenvalue weighted by molar-refractivity contribution is -0.0531. The number of nitrogens with zero attached hydrogens (tertiary/aromatic N) is 2. The third kappa shape index (κ3) is 4.69. The minimum absolute atomic E-state index is 0.0866. The van der Waals surface area contributed by atoms with Gasteiger partial charge in [-0.25, -0.2) is 27.9 Å². The third-order valence-corrected chi connectivity index (χ3v) is 4.84. The fraction of sp³-hybridized carbons (Fsp3) is 0.333. The highest BCUT2D eigenvalue weighted by Gasteiger charge is 2.59. The number of aromatic nitrogens is 2.